The normalized spacial score (nSPS) is 15.8. The molecule has 2 aromatic heterocycles. The molecule has 5 nitrogen and oxygen atoms in total. The van der Waals surface area contributed by atoms with Crippen LogP contribution in [0.2, 0.25) is 0 Å². The number of hydrogen-bond donors (Lipinski definition) is 3. The first-order valence-electron chi connectivity index (χ1n) is 5.39. The molecule has 0 fully saturated rings. The third-order valence-corrected chi connectivity index (χ3v) is 3.08. The van der Waals surface area contributed by atoms with Crippen LogP contribution in [-0.2, 0) is 0 Å². The molecule has 0 aliphatic carbocycles. The van der Waals surface area contributed by atoms with Gasteiger partial charge in [-0.05, 0) is 36.8 Å². The van der Waals surface area contributed by atoms with Crippen LogP contribution in [0.1, 0.15) is 18.2 Å². The minimum atomic E-state index is 0.0377. The fraction of sp³-hybridized carbons (Fsp3) is 0.0833. The van der Waals surface area contributed by atoms with Crippen molar-refractivity contribution in [3.8, 4) is 5.88 Å². The Bertz CT molecular complexity index is 739. The number of H-pyrrole nitrogens is 2. The van der Waals surface area contributed by atoms with Gasteiger partial charge in [0.25, 0.3) is 0 Å². The number of aromatic hydroxyl groups is 1. The van der Waals surface area contributed by atoms with E-state index in [4.69, 9.17) is 12.2 Å². The number of aromatic amines is 2. The van der Waals surface area contributed by atoms with Gasteiger partial charge in [0.1, 0.15) is 5.69 Å². The molecule has 0 saturated carbocycles. The first-order chi connectivity index (χ1) is 8.66. The second-order valence-electron chi connectivity index (χ2n) is 3.97. The van der Waals surface area contributed by atoms with Crippen LogP contribution in [0.15, 0.2) is 23.3 Å². The van der Waals surface area contributed by atoms with E-state index in [1.165, 1.54) is 0 Å². The highest BCUT2D eigenvalue weighted by Crippen LogP contribution is 2.35. The van der Waals surface area contributed by atoms with Gasteiger partial charge in [-0.3, -0.25) is 0 Å². The number of hydrogen-bond acceptors (Lipinski definition) is 4. The van der Waals surface area contributed by atoms with E-state index in [-0.39, 0.29) is 5.88 Å². The molecule has 0 bridgehead atoms. The lowest BCUT2D eigenvalue weighted by Gasteiger charge is -2.04. The van der Waals surface area contributed by atoms with Crippen molar-refractivity contribution in [2.75, 3.05) is 0 Å². The summed E-state index contributed by atoms with van der Waals surface area (Å²) in [6, 6.07) is 3.81. The Hall–Kier alpha value is -2.21. The summed E-state index contributed by atoms with van der Waals surface area (Å²) in [5.41, 5.74) is 3.34. The van der Waals surface area contributed by atoms with Crippen LogP contribution in [-0.4, -0.2) is 26.3 Å². The summed E-state index contributed by atoms with van der Waals surface area (Å²) in [6.07, 6.45) is 3.45. The van der Waals surface area contributed by atoms with Gasteiger partial charge in [0, 0.05) is 23.5 Å². The molecule has 2 aromatic rings. The molecular weight excluding hydrogens is 248 g/mol. The van der Waals surface area contributed by atoms with Crippen molar-refractivity contribution < 1.29 is 5.11 Å². The van der Waals surface area contributed by atoms with Gasteiger partial charge in [-0.2, -0.15) is 0 Å². The SMILES string of the molecule is C/C(=C1/C=Nc2ncccc21)c1[nH]c(=S)[nH]c1O. The summed E-state index contributed by atoms with van der Waals surface area (Å²) in [7, 11) is 0. The van der Waals surface area contributed by atoms with Gasteiger partial charge in [0.2, 0.25) is 5.88 Å². The summed E-state index contributed by atoms with van der Waals surface area (Å²) in [5, 5.41) is 9.76. The summed E-state index contributed by atoms with van der Waals surface area (Å²) in [6.45, 7) is 1.90. The minimum Gasteiger partial charge on any atom is -0.493 e. The highest BCUT2D eigenvalue weighted by molar-refractivity contribution is 7.71. The molecule has 3 heterocycles. The number of nitrogens with zero attached hydrogens (tertiary/aromatic N) is 2. The zero-order valence-corrected chi connectivity index (χ0v) is 10.4. The largest absolute Gasteiger partial charge is 0.493 e. The van der Waals surface area contributed by atoms with Crippen LogP contribution >= 0.6 is 12.2 Å². The van der Waals surface area contributed by atoms with Crippen molar-refractivity contribution in [3.05, 3.63) is 34.4 Å². The average Bonchev–Trinajstić information content (AvgIpc) is 2.92. The minimum absolute atomic E-state index is 0.0377. The molecule has 18 heavy (non-hydrogen) atoms. The Kier molecular flexibility index (Phi) is 2.38. The van der Waals surface area contributed by atoms with Gasteiger partial charge >= 0.3 is 0 Å². The highest BCUT2D eigenvalue weighted by atomic mass is 32.1. The van der Waals surface area contributed by atoms with Gasteiger partial charge in [-0.1, -0.05) is 0 Å². The second kappa shape index (κ2) is 3.92. The van der Waals surface area contributed by atoms with Gasteiger partial charge in [-0.15, -0.1) is 0 Å². The maximum absolute atomic E-state index is 9.76. The standard InChI is InChI=1S/C12H10N4OS/c1-6(9-11(17)16-12(18)15-9)8-5-14-10-7(8)3-2-4-13-10/h2-5,17H,1H3,(H2,15,16,18)/b8-6+. The molecule has 1 aliphatic heterocycles. The Morgan fingerprint density at radius 3 is 2.94 bits per heavy atom. The lowest BCUT2D eigenvalue weighted by Crippen LogP contribution is -1.89. The first-order valence-corrected chi connectivity index (χ1v) is 5.79. The molecule has 6 heteroatoms. The van der Waals surface area contributed by atoms with Crippen LogP contribution in [0.3, 0.4) is 0 Å². The van der Waals surface area contributed by atoms with Gasteiger partial charge in [0.15, 0.2) is 10.6 Å². The van der Waals surface area contributed by atoms with Crippen molar-refractivity contribution >= 4 is 35.4 Å². The van der Waals surface area contributed by atoms with Crippen LogP contribution in [0, 0.1) is 4.77 Å². The number of aliphatic imine (C=N–C) groups is 1. The molecule has 0 unspecified atom stereocenters. The second-order valence-corrected chi connectivity index (χ2v) is 4.38. The zero-order chi connectivity index (χ0) is 12.7. The predicted octanol–water partition coefficient (Wildman–Crippen LogP) is 2.82. The van der Waals surface area contributed by atoms with E-state index in [0.717, 1.165) is 16.7 Å². The monoisotopic (exact) mass is 258 g/mol. The molecular formula is C12H10N4OS. The summed E-state index contributed by atoms with van der Waals surface area (Å²) >= 11 is 4.95. The van der Waals surface area contributed by atoms with Gasteiger partial charge in [-0.25, -0.2) is 9.98 Å². The van der Waals surface area contributed by atoms with Crippen molar-refractivity contribution in [2.45, 2.75) is 6.92 Å². The predicted molar refractivity (Wildman–Crippen MR) is 72.5 cm³/mol. The van der Waals surface area contributed by atoms with E-state index in [0.29, 0.717) is 16.3 Å². The molecule has 0 aromatic carbocycles. The number of aromatic nitrogens is 3. The van der Waals surface area contributed by atoms with Crippen molar-refractivity contribution in [1.82, 2.24) is 15.0 Å². The molecule has 0 radical (unpaired) electrons. The Morgan fingerprint density at radius 1 is 1.39 bits per heavy atom. The maximum atomic E-state index is 9.76. The fourth-order valence-corrected chi connectivity index (χ4v) is 2.18. The van der Waals surface area contributed by atoms with E-state index < -0.39 is 0 Å². The van der Waals surface area contributed by atoms with E-state index in [1.807, 2.05) is 19.1 Å². The molecule has 1 aliphatic rings. The smallest absolute Gasteiger partial charge is 0.215 e. The van der Waals surface area contributed by atoms with Gasteiger partial charge in [0.05, 0.1) is 0 Å². The molecule has 3 rings (SSSR count). The van der Waals surface area contributed by atoms with E-state index in [1.54, 1.807) is 12.4 Å². The van der Waals surface area contributed by atoms with Crippen LogP contribution in [0.5, 0.6) is 5.88 Å². The Balaban J connectivity index is 2.21. The summed E-state index contributed by atoms with van der Waals surface area (Å²) < 4.78 is 0.392. The Labute approximate surface area is 108 Å². The molecule has 0 saturated heterocycles. The van der Waals surface area contributed by atoms with Crippen molar-refractivity contribution in [2.24, 2.45) is 4.99 Å². The average molecular weight is 258 g/mol. The van der Waals surface area contributed by atoms with E-state index >= 15 is 0 Å². The number of allylic oxidation sites excluding steroid dienone is 2. The number of nitrogens with one attached hydrogen (secondary N) is 2. The molecule has 0 amide bonds. The van der Waals surface area contributed by atoms with Crippen LogP contribution in [0.4, 0.5) is 5.82 Å². The lowest BCUT2D eigenvalue weighted by molar-refractivity contribution is 0.454. The summed E-state index contributed by atoms with van der Waals surface area (Å²) in [4.78, 5) is 14.0. The maximum Gasteiger partial charge on any atom is 0.215 e. The van der Waals surface area contributed by atoms with E-state index in [2.05, 4.69) is 19.9 Å². The molecule has 0 atom stereocenters. The fourth-order valence-electron chi connectivity index (χ4n) is 1.98. The molecule has 3 N–H and O–H groups in total. The highest BCUT2D eigenvalue weighted by Gasteiger charge is 2.18. The third-order valence-electron chi connectivity index (χ3n) is 2.88. The Morgan fingerprint density at radius 2 is 2.22 bits per heavy atom. The topological polar surface area (TPSA) is 77.1 Å². The van der Waals surface area contributed by atoms with Crippen molar-refractivity contribution in [3.63, 3.8) is 0 Å². The number of pyridine rings is 1. The van der Waals surface area contributed by atoms with Crippen molar-refractivity contribution in [1.29, 1.82) is 0 Å². The number of imidazole rings is 1. The van der Waals surface area contributed by atoms with Crippen LogP contribution in [0.25, 0.3) is 11.1 Å². The lowest BCUT2D eigenvalue weighted by atomic mass is 10.0. The molecule has 0 spiro atoms. The first kappa shape index (κ1) is 10.9. The zero-order valence-electron chi connectivity index (χ0n) is 9.56. The quantitative estimate of drug-likeness (QED) is 0.688. The third kappa shape index (κ3) is 1.58. The van der Waals surface area contributed by atoms with E-state index in [9.17, 15) is 5.11 Å². The number of rotatable bonds is 1. The number of fused-ring (bicyclic) bond motifs is 1. The van der Waals surface area contributed by atoms with Crippen LogP contribution < -0.4 is 0 Å². The van der Waals surface area contributed by atoms with Gasteiger partial charge < -0.3 is 15.1 Å². The summed E-state index contributed by atoms with van der Waals surface area (Å²) in [5.74, 6) is 0.733. The molecule has 90 valence electrons.